The number of nitrogens with zero attached hydrogens (tertiary/aromatic N) is 2. The molecule has 0 saturated heterocycles. The predicted molar refractivity (Wildman–Crippen MR) is 98.0 cm³/mol. The zero-order valence-corrected chi connectivity index (χ0v) is 14.7. The van der Waals surface area contributed by atoms with E-state index in [-0.39, 0.29) is 11.6 Å². The van der Waals surface area contributed by atoms with Crippen LogP contribution >= 0.6 is 0 Å². The Morgan fingerprint density at radius 3 is 2.74 bits per heavy atom. The van der Waals surface area contributed by atoms with Gasteiger partial charge in [0.15, 0.2) is 11.6 Å². The Kier molecular flexibility index (Phi) is 4.19. The molecule has 0 saturated carbocycles. The summed E-state index contributed by atoms with van der Waals surface area (Å²) in [5, 5.41) is 1.35. The van der Waals surface area contributed by atoms with Crippen molar-refractivity contribution in [3.8, 4) is 17.4 Å². The van der Waals surface area contributed by atoms with Crippen molar-refractivity contribution >= 4 is 21.9 Å². The largest absolute Gasteiger partial charge is 0.494 e. The lowest BCUT2D eigenvalue weighted by Gasteiger charge is -2.10. The van der Waals surface area contributed by atoms with E-state index in [0.717, 1.165) is 10.9 Å². The van der Waals surface area contributed by atoms with E-state index in [9.17, 15) is 9.18 Å². The molecule has 7 heteroatoms. The van der Waals surface area contributed by atoms with Crippen molar-refractivity contribution in [2.24, 2.45) is 0 Å². The minimum atomic E-state index is -0.519. The lowest BCUT2D eigenvalue weighted by molar-refractivity contribution is 0.387. The van der Waals surface area contributed by atoms with Crippen LogP contribution in [0.1, 0.15) is 12.5 Å². The minimum Gasteiger partial charge on any atom is -0.494 e. The first kappa shape index (κ1) is 17.0. The van der Waals surface area contributed by atoms with Gasteiger partial charge < -0.3 is 13.9 Å². The van der Waals surface area contributed by atoms with Crippen molar-refractivity contribution in [3.63, 3.8) is 0 Å². The lowest BCUT2D eigenvalue weighted by Crippen LogP contribution is -2.00. The Balaban J connectivity index is 1.81. The molecule has 6 nitrogen and oxygen atoms in total. The second kappa shape index (κ2) is 6.68. The Bertz CT molecular complexity index is 1220. The number of hydrogen-bond donors (Lipinski definition) is 0. The minimum absolute atomic E-state index is 0.0687. The molecule has 4 aromatic rings. The van der Waals surface area contributed by atoms with Gasteiger partial charge in [0.1, 0.15) is 17.7 Å². The molecular formula is C20H15FN2O4. The van der Waals surface area contributed by atoms with Crippen LogP contribution in [0.25, 0.3) is 21.9 Å². The van der Waals surface area contributed by atoms with Crippen LogP contribution in [0.4, 0.5) is 4.39 Å². The van der Waals surface area contributed by atoms with Gasteiger partial charge in [-0.1, -0.05) is 6.92 Å². The van der Waals surface area contributed by atoms with E-state index in [4.69, 9.17) is 13.9 Å². The van der Waals surface area contributed by atoms with Gasteiger partial charge in [-0.05, 0) is 30.2 Å². The number of fused-ring (bicyclic) bond motifs is 2. The number of aryl methyl sites for hydroxylation is 1. The molecule has 4 rings (SSSR count). The van der Waals surface area contributed by atoms with Gasteiger partial charge in [-0.2, -0.15) is 0 Å². The van der Waals surface area contributed by atoms with Crippen LogP contribution in [0.15, 0.2) is 51.9 Å². The fourth-order valence-electron chi connectivity index (χ4n) is 2.95. The summed E-state index contributed by atoms with van der Waals surface area (Å²) in [6.07, 6.45) is 2.00. The maximum Gasteiger partial charge on any atom is 0.336 e. The summed E-state index contributed by atoms with van der Waals surface area (Å²) in [6.45, 7) is 1.97. The number of hydrogen-bond acceptors (Lipinski definition) is 6. The molecule has 2 heterocycles. The molecule has 0 radical (unpaired) electrons. The third-order valence-corrected chi connectivity index (χ3v) is 4.27. The highest BCUT2D eigenvalue weighted by atomic mass is 19.1. The molecule has 0 spiro atoms. The molecule has 0 unspecified atom stereocenters. The van der Waals surface area contributed by atoms with Gasteiger partial charge in [-0.3, -0.25) is 0 Å². The van der Waals surface area contributed by atoms with E-state index in [1.807, 2.05) is 13.0 Å². The van der Waals surface area contributed by atoms with E-state index in [1.54, 1.807) is 12.1 Å². The molecule has 0 amide bonds. The first-order chi connectivity index (χ1) is 13.1. The van der Waals surface area contributed by atoms with Crippen LogP contribution in [-0.2, 0) is 6.42 Å². The van der Waals surface area contributed by atoms with Gasteiger partial charge in [0.2, 0.25) is 5.88 Å². The summed E-state index contributed by atoms with van der Waals surface area (Å²) in [5.41, 5.74) is 1.31. The van der Waals surface area contributed by atoms with Crippen molar-refractivity contribution < 1.29 is 18.3 Å². The number of rotatable bonds is 4. The molecule has 27 heavy (non-hydrogen) atoms. The van der Waals surface area contributed by atoms with E-state index in [2.05, 4.69) is 9.97 Å². The molecule has 0 N–H and O–H groups in total. The molecule has 0 bridgehead atoms. The molecule has 0 aliphatic rings. The number of ether oxygens (including phenoxy) is 2. The Labute approximate surface area is 153 Å². The third kappa shape index (κ3) is 3.08. The van der Waals surface area contributed by atoms with Gasteiger partial charge in [-0.25, -0.2) is 19.2 Å². The average molecular weight is 366 g/mol. The first-order valence-electron chi connectivity index (χ1n) is 8.32. The van der Waals surface area contributed by atoms with E-state index in [0.29, 0.717) is 28.7 Å². The fourth-order valence-corrected chi connectivity index (χ4v) is 2.95. The third-order valence-electron chi connectivity index (χ3n) is 4.27. The first-order valence-corrected chi connectivity index (χ1v) is 8.32. The molecular weight excluding hydrogens is 351 g/mol. The maximum absolute atomic E-state index is 13.9. The smallest absolute Gasteiger partial charge is 0.336 e. The molecule has 2 aromatic heterocycles. The van der Waals surface area contributed by atoms with Gasteiger partial charge in [0.05, 0.1) is 18.0 Å². The number of methoxy groups -OCH3 is 1. The van der Waals surface area contributed by atoms with Crippen molar-refractivity contribution in [2.75, 3.05) is 7.11 Å². The maximum atomic E-state index is 13.9. The van der Waals surface area contributed by atoms with Gasteiger partial charge in [-0.15, -0.1) is 0 Å². The van der Waals surface area contributed by atoms with Crippen molar-refractivity contribution in [1.82, 2.24) is 9.97 Å². The van der Waals surface area contributed by atoms with Gasteiger partial charge >= 0.3 is 5.63 Å². The highest BCUT2D eigenvalue weighted by Gasteiger charge is 2.13. The molecule has 136 valence electrons. The van der Waals surface area contributed by atoms with Crippen LogP contribution in [0.2, 0.25) is 0 Å². The summed E-state index contributed by atoms with van der Waals surface area (Å²) in [7, 11) is 1.38. The second-order valence-electron chi connectivity index (χ2n) is 5.89. The highest BCUT2D eigenvalue weighted by molar-refractivity contribution is 5.85. The molecule has 0 atom stereocenters. The van der Waals surface area contributed by atoms with Crippen LogP contribution < -0.4 is 15.1 Å². The summed E-state index contributed by atoms with van der Waals surface area (Å²) >= 11 is 0. The normalized spacial score (nSPS) is 11.1. The topological polar surface area (TPSA) is 74.5 Å². The van der Waals surface area contributed by atoms with E-state index in [1.165, 1.54) is 31.6 Å². The Morgan fingerprint density at radius 2 is 1.96 bits per heavy atom. The molecule has 0 fully saturated rings. The van der Waals surface area contributed by atoms with Crippen molar-refractivity contribution in [1.29, 1.82) is 0 Å². The highest BCUT2D eigenvalue weighted by Crippen LogP contribution is 2.32. The lowest BCUT2D eigenvalue weighted by atomic mass is 10.1. The zero-order chi connectivity index (χ0) is 19.0. The van der Waals surface area contributed by atoms with Gasteiger partial charge in [0, 0.05) is 23.6 Å². The summed E-state index contributed by atoms with van der Waals surface area (Å²) < 4.78 is 30.1. The zero-order valence-electron chi connectivity index (χ0n) is 14.7. The number of halogens is 1. The Morgan fingerprint density at radius 1 is 1.11 bits per heavy atom. The molecule has 0 aliphatic carbocycles. The van der Waals surface area contributed by atoms with Crippen LogP contribution in [0.5, 0.6) is 17.4 Å². The standard InChI is InChI=1S/C20H15FN2O4/c1-3-11-6-19(24)27-17-7-12(4-5-13(11)17)26-20-14-8-18(25-2)15(21)9-16(14)22-10-23-20/h4-10H,3H2,1-2H3. The summed E-state index contributed by atoms with van der Waals surface area (Å²) in [4.78, 5) is 19.9. The number of aromatic nitrogens is 2. The monoisotopic (exact) mass is 366 g/mol. The SMILES string of the molecule is CCc1cc(=O)oc2cc(Oc3ncnc4cc(F)c(OC)cc34)ccc12. The van der Waals surface area contributed by atoms with E-state index >= 15 is 0 Å². The van der Waals surface area contributed by atoms with Crippen LogP contribution in [0, 0.1) is 5.82 Å². The fraction of sp³-hybridized carbons (Fsp3) is 0.150. The Hall–Kier alpha value is -3.48. The summed E-state index contributed by atoms with van der Waals surface area (Å²) in [6, 6.07) is 9.45. The van der Waals surface area contributed by atoms with Gasteiger partial charge in [0.25, 0.3) is 0 Å². The summed E-state index contributed by atoms with van der Waals surface area (Å²) in [5.74, 6) is 0.224. The number of benzene rings is 2. The van der Waals surface area contributed by atoms with Crippen molar-refractivity contribution in [2.45, 2.75) is 13.3 Å². The van der Waals surface area contributed by atoms with Crippen LogP contribution in [-0.4, -0.2) is 17.1 Å². The van der Waals surface area contributed by atoms with Crippen LogP contribution in [0.3, 0.4) is 0 Å². The van der Waals surface area contributed by atoms with Crippen molar-refractivity contribution in [3.05, 3.63) is 64.5 Å². The quantitative estimate of drug-likeness (QED) is 0.503. The van der Waals surface area contributed by atoms with E-state index < -0.39 is 11.4 Å². The molecule has 0 aliphatic heterocycles. The molecule has 2 aromatic carbocycles. The predicted octanol–water partition coefficient (Wildman–Crippen LogP) is 4.24. The second-order valence-corrected chi connectivity index (χ2v) is 5.89. The average Bonchev–Trinajstić information content (AvgIpc) is 2.66.